The van der Waals surface area contributed by atoms with E-state index in [4.69, 9.17) is 0 Å². The second-order valence-electron chi connectivity index (χ2n) is 7.61. The Morgan fingerprint density at radius 2 is 2.05 bits per heavy atom. The average molecular weight is 309 g/mol. The Morgan fingerprint density at radius 3 is 2.59 bits per heavy atom. The molecule has 4 nitrogen and oxygen atoms in total. The highest BCUT2D eigenvalue weighted by Crippen LogP contribution is 2.42. The van der Waals surface area contributed by atoms with Crippen molar-refractivity contribution in [2.24, 2.45) is 16.3 Å². The highest BCUT2D eigenvalue weighted by molar-refractivity contribution is 5.79. The zero-order valence-electron chi connectivity index (χ0n) is 15.1. The van der Waals surface area contributed by atoms with Crippen molar-refractivity contribution in [3.63, 3.8) is 0 Å². The molecule has 1 aliphatic carbocycles. The average Bonchev–Trinajstić information content (AvgIpc) is 2.49. The van der Waals surface area contributed by atoms with Crippen molar-refractivity contribution >= 4 is 5.96 Å². The van der Waals surface area contributed by atoms with E-state index in [0.717, 1.165) is 25.0 Å². The van der Waals surface area contributed by atoms with Gasteiger partial charge in [-0.15, -0.1) is 0 Å². The van der Waals surface area contributed by atoms with Crippen molar-refractivity contribution in [1.29, 1.82) is 0 Å². The molecule has 1 aliphatic heterocycles. The van der Waals surface area contributed by atoms with Gasteiger partial charge in [-0.1, -0.05) is 13.3 Å². The maximum absolute atomic E-state index is 4.40. The fourth-order valence-electron chi connectivity index (χ4n) is 3.80. The van der Waals surface area contributed by atoms with E-state index >= 15 is 0 Å². The van der Waals surface area contributed by atoms with Crippen LogP contribution in [0.5, 0.6) is 0 Å². The third-order valence-corrected chi connectivity index (χ3v) is 5.86. The summed E-state index contributed by atoms with van der Waals surface area (Å²) >= 11 is 0. The van der Waals surface area contributed by atoms with Gasteiger partial charge in [-0.05, 0) is 63.8 Å². The molecule has 0 amide bonds. The number of piperidine rings is 1. The molecule has 1 saturated heterocycles. The van der Waals surface area contributed by atoms with Crippen LogP contribution in [0.2, 0.25) is 0 Å². The quantitative estimate of drug-likeness (QED) is 0.585. The molecule has 0 aromatic rings. The lowest BCUT2D eigenvalue weighted by Gasteiger charge is -2.41. The van der Waals surface area contributed by atoms with Gasteiger partial charge in [-0.25, -0.2) is 0 Å². The molecule has 2 aliphatic rings. The van der Waals surface area contributed by atoms with Crippen LogP contribution in [-0.2, 0) is 0 Å². The van der Waals surface area contributed by atoms with E-state index in [0.29, 0.717) is 11.5 Å². The molecule has 2 rings (SSSR count). The molecule has 128 valence electrons. The zero-order chi connectivity index (χ0) is 16.0. The standard InChI is InChI=1S/C18H36N4/c1-5-18(9-7-10-18)14-21-17(19-4)20-12-16-8-6-11-22(13-16)15(2)3/h15-16H,5-14H2,1-4H3,(H2,19,20,21). The maximum atomic E-state index is 4.40. The second kappa shape index (κ2) is 8.19. The van der Waals surface area contributed by atoms with Gasteiger partial charge in [-0.2, -0.15) is 0 Å². The second-order valence-corrected chi connectivity index (χ2v) is 7.61. The normalized spacial score (nSPS) is 25.9. The van der Waals surface area contributed by atoms with Gasteiger partial charge in [-0.3, -0.25) is 4.99 Å². The summed E-state index contributed by atoms with van der Waals surface area (Å²) in [7, 11) is 1.88. The van der Waals surface area contributed by atoms with Crippen LogP contribution in [-0.4, -0.2) is 50.1 Å². The van der Waals surface area contributed by atoms with Crippen LogP contribution in [0.1, 0.15) is 59.3 Å². The number of likely N-dealkylation sites (tertiary alicyclic amines) is 1. The van der Waals surface area contributed by atoms with Crippen molar-refractivity contribution in [2.75, 3.05) is 33.2 Å². The van der Waals surface area contributed by atoms with Crippen LogP contribution in [0, 0.1) is 11.3 Å². The lowest BCUT2D eigenvalue weighted by atomic mass is 9.67. The summed E-state index contributed by atoms with van der Waals surface area (Å²) in [5.74, 6) is 1.74. The van der Waals surface area contributed by atoms with Crippen molar-refractivity contribution in [3.05, 3.63) is 0 Å². The Bertz CT molecular complexity index is 355. The highest BCUT2D eigenvalue weighted by atomic mass is 15.2. The molecule has 1 saturated carbocycles. The van der Waals surface area contributed by atoms with Gasteiger partial charge in [0, 0.05) is 32.7 Å². The maximum Gasteiger partial charge on any atom is 0.191 e. The molecule has 4 heteroatoms. The molecular formula is C18H36N4. The molecule has 1 unspecified atom stereocenters. The molecule has 1 heterocycles. The number of hydrogen-bond acceptors (Lipinski definition) is 2. The third-order valence-electron chi connectivity index (χ3n) is 5.86. The van der Waals surface area contributed by atoms with Gasteiger partial charge in [0.05, 0.1) is 0 Å². The molecule has 22 heavy (non-hydrogen) atoms. The summed E-state index contributed by atoms with van der Waals surface area (Å²) < 4.78 is 0. The Balaban J connectivity index is 1.72. The number of guanidine groups is 1. The lowest BCUT2D eigenvalue weighted by molar-refractivity contribution is 0.130. The Hall–Kier alpha value is -0.770. The fourth-order valence-corrected chi connectivity index (χ4v) is 3.80. The number of nitrogens with zero attached hydrogens (tertiary/aromatic N) is 2. The molecule has 0 radical (unpaired) electrons. The first-order chi connectivity index (χ1) is 10.6. The predicted octanol–water partition coefficient (Wildman–Crippen LogP) is 2.85. The monoisotopic (exact) mass is 308 g/mol. The van der Waals surface area contributed by atoms with Crippen molar-refractivity contribution in [2.45, 2.75) is 65.3 Å². The third kappa shape index (κ3) is 4.61. The predicted molar refractivity (Wildman–Crippen MR) is 95.4 cm³/mol. The fraction of sp³-hybridized carbons (Fsp3) is 0.944. The molecular weight excluding hydrogens is 272 g/mol. The molecule has 2 N–H and O–H groups in total. The molecule has 0 aromatic carbocycles. The van der Waals surface area contributed by atoms with E-state index in [-0.39, 0.29) is 0 Å². The van der Waals surface area contributed by atoms with Crippen LogP contribution >= 0.6 is 0 Å². The minimum absolute atomic E-state index is 0.539. The summed E-state index contributed by atoms with van der Waals surface area (Å²) in [4.78, 5) is 7.01. The van der Waals surface area contributed by atoms with E-state index in [1.807, 2.05) is 7.05 Å². The van der Waals surface area contributed by atoms with Crippen LogP contribution < -0.4 is 10.6 Å². The van der Waals surface area contributed by atoms with Gasteiger partial charge >= 0.3 is 0 Å². The van der Waals surface area contributed by atoms with Gasteiger partial charge in [0.15, 0.2) is 5.96 Å². The van der Waals surface area contributed by atoms with Crippen LogP contribution in [0.3, 0.4) is 0 Å². The minimum Gasteiger partial charge on any atom is -0.356 e. The van der Waals surface area contributed by atoms with Crippen LogP contribution in [0.15, 0.2) is 4.99 Å². The van der Waals surface area contributed by atoms with E-state index in [2.05, 4.69) is 41.3 Å². The summed E-state index contributed by atoms with van der Waals surface area (Å²) in [5, 5.41) is 7.12. The number of hydrogen-bond donors (Lipinski definition) is 2. The number of aliphatic imine (C=N–C) groups is 1. The van der Waals surface area contributed by atoms with E-state index < -0.39 is 0 Å². The molecule has 0 spiro atoms. The van der Waals surface area contributed by atoms with Crippen LogP contribution in [0.25, 0.3) is 0 Å². The van der Waals surface area contributed by atoms with Gasteiger partial charge in [0.2, 0.25) is 0 Å². The van der Waals surface area contributed by atoms with E-state index in [9.17, 15) is 0 Å². The van der Waals surface area contributed by atoms with Gasteiger partial charge < -0.3 is 15.5 Å². The van der Waals surface area contributed by atoms with Gasteiger partial charge in [0.1, 0.15) is 0 Å². The SMILES string of the molecule is CCC1(CNC(=NC)NCC2CCCN(C(C)C)C2)CCC1. The van der Waals surface area contributed by atoms with Gasteiger partial charge in [0.25, 0.3) is 0 Å². The van der Waals surface area contributed by atoms with Crippen molar-refractivity contribution in [3.8, 4) is 0 Å². The molecule has 2 fully saturated rings. The summed E-state index contributed by atoms with van der Waals surface area (Å²) in [5.41, 5.74) is 0.539. The van der Waals surface area contributed by atoms with E-state index in [1.165, 1.54) is 51.6 Å². The number of nitrogens with one attached hydrogen (secondary N) is 2. The summed E-state index contributed by atoms with van der Waals surface area (Å²) in [6, 6.07) is 0.670. The number of rotatable bonds is 6. The Kier molecular flexibility index (Phi) is 6.54. The lowest BCUT2D eigenvalue weighted by Crippen LogP contribution is -2.49. The smallest absolute Gasteiger partial charge is 0.191 e. The summed E-state index contributed by atoms with van der Waals surface area (Å²) in [6.45, 7) is 11.5. The first-order valence-electron chi connectivity index (χ1n) is 9.27. The first kappa shape index (κ1) is 17.6. The van der Waals surface area contributed by atoms with Crippen molar-refractivity contribution in [1.82, 2.24) is 15.5 Å². The zero-order valence-corrected chi connectivity index (χ0v) is 15.1. The largest absolute Gasteiger partial charge is 0.356 e. The first-order valence-corrected chi connectivity index (χ1v) is 9.27. The Labute approximate surface area is 137 Å². The topological polar surface area (TPSA) is 39.7 Å². The van der Waals surface area contributed by atoms with E-state index in [1.54, 1.807) is 0 Å². The minimum atomic E-state index is 0.539. The summed E-state index contributed by atoms with van der Waals surface area (Å²) in [6.07, 6.45) is 8.10. The molecule has 0 bridgehead atoms. The van der Waals surface area contributed by atoms with Crippen molar-refractivity contribution < 1.29 is 0 Å². The highest BCUT2D eigenvalue weighted by Gasteiger charge is 2.34. The van der Waals surface area contributed by atoms with Crippen LogP contribution in [0.4, 0.5) is 0 Å². The molecule has 0 aromatic heterocycles. The molecule has 1 atom stereocenters. The Morgan fingerprint density at radius 1 is 1.27 bits per heavy atom.